The minimum atomic E-state index is 0.0845. The minimum absolute atomic E-state index is 0.0845. The number of aromatic amines is 1. The van der Waals surface area contributed by atoms with Gasteiger partial charge in [-0.2, -0.15) is 10.2 Å². The van der Waals surface area contributed by atoms with Gasteiger partial charge in [-0.1, -0.05) is 6.07 Å². The summed E-state index contributed by atoms with van der Waals surface area (Å²) in [6.07, 6.45) is 7.92. The van der Waals surface area contributed by atoms with Crippen LogP contribution in [0.3, 0.4) is 0 Å². The lowest BCUT2D eigenvalue weighted by Crippen LogP contribution is -2.50. The van der Waals surface area contributed by atoms with E-state index in [1.54, 1.807) is 0 Å². The number of rotatable bonds is 3. The lowest BCUT2D eigenvalue weighted by atomic mass is 9.73. The fourth-order valence-corrected chi connectivity index (χ4v) is 6.08. The molecule has 0 bridgehead atoms. The summed E-state index contributed by atoms with van der Waals surface area (Å²) in [5.74, 6) is 1.67. The molecule has 2 atom stereocenters. The first-order valence-corrected chi connectivity index (χ1v) is 13.0. The Morgan fingerprint density at radius 1 is 1.14 bits per heavy atom. The highest BCUT2D eigenvalue weighted by Gasteiger charge is 2.47. The van der Waals surface area contributed by atoms with E-state index in [1.165, 1.54) is 0 Å². The first-order chi connectivity index (χ1) is 18.0. The molecule has 3 aliphatic rings. The molecule has 3 aromatic heterocycles. The van der Waals surface area contributed by atoms with E-state index in [0.717, 1.165) is 85.3 Å². The van der Waals surface area contributed by atoms with Crippen LogP contribution < -0.4 is 20.9 Å². The topological polar surface area (TPSA) is 126 Å². The molecule has 4 N–H and O–H groups in total. The van der Waals surface area contributed by atoms with Gasteiger partial charge in [0.05, 0.1) is 36.5 Å². The number of anilines is 4. The van der Waals surface area contributed by atoms with Gasteiger partial charge < -0.3 is 25.6 Å². The van der Waals surface area contributed by atoms with Gasteiger partial charge in [0.15, 0.2) is 17.0 Å². The van der Waals surface area contributed by atoms with Crippen LogP contribution in [0.4, 0.5) is 23.0 Å². The number of nitrogens with zero attached hydrogens (tertiary/aromatic N) is 7. The quantitative estimate of drug-likeness (QED) is 0.389. The van der Waals surface area contributed by atoms with Gasteiger partial charge in [0.2, 0.25) is 0 Å². The minimum Gasteiger partial charge on any atom is -0.382 e. The van der Waals surface area contributed by atoms with Crippen molar-refractivity contribution < 1.29 is 4.74 Å². The van der Waals surface area contributed by atoms with Crippen molar-refractivity contribution in [1.29, 1.82) is 0 Å². The molecule has 0 amide bonds. The number of piperidine rings is 1. The van der Waals surface area contributed by atoms with Crippen LogP contribution in [0.1, 0.15) is 19.8 Å². The number of nitrogens with one attached hydrogen (secondary N) is 2. The number of fused-ring (bicyclic) bond motifs is 2. The SMILES string of the molecule is C[C@@H]1OCC2(CCN(c3cnc4c(N5CCNc6cc(-c7cnn(C)c7)ccc65)n[nH]c4n3)CC2)[C@@H]1N. The Kier molecular flexibility index (Phi) is 5.12. The summed E-state index contributed by atoms with van der Waals surface area (Å²) in [6.45, 7) is 6.23. The molecule has 2 saturated heterocycles. The van der Waals surface area contributed by atoms with Crippen molar-refractivity contribution in [2.24, 2.45) is 18.2 Å². The van der Waals surface area contributed by atoms with Crippen LogP contribution in [0.2, 0.25) is 0 Å². The molecule has 0 radical (unpaired) electrons. The van der Waals surface area contributed by atoms with Crippen LogP contribution in [0, 0.1) is 5.41 Å². The monoisotopic (exact) mass is 500 g/mol. The molecule has 11 nitrogen and oxygen atoms in total. The van der Waals surface area contributed by atoms with Gasteiger partial charge in [0.1, 0.15) is 5.82 Å². The maximum atomic E-state index is 6.50. The van der Waals surface area contributed by atoms with Crippen molar-refractivity contribution in [3.05, 3.63) is 36.8 Å². The molecule has 2 fully saturated rings. The van der Waals surface area contributed by atoms with Gasteiger partial charge in [-0.25, -0.2) is 9.97 Å². The summed E-state index contributed by atoms with van der Waals surface area (Å²) >= 11 is 0. The smallest absolute Gasteiger partial charge is 0.183 e. The molecule has 0 aliphatic carbocycles. The van der Waals surface area contributed by atoms with E-state index >= 15 is 0 Å². The molecular weight excluding hydrogens is 468 g/mol. The van der Waals surface area contributed by atoms with E-state index in [0.29, 0.717) is 5.65 Å². The van der Waals surface area contributed by atoms with Crippen LogP contribution in [0.15, 0.2) is 36.8 Å². The summed E-state index contributed by atoms with van der Waals surface area (Å²) in [6, 6.07) is 6.52. The standard InChI is InChI=1S/C26H32N10O/c1-16-23(27)26(15-37-16)5-8-35(9-6-26)21-13-29-22-24(31-21)32-33-25(22)36-10-7-28-19-11-17(3-4-20(19)36)18-12-30-34(2)14-18/h3-4,11-14,16,23,28H,5-10,15,27H2,1-2H3,(H,31,32,33)/t16-,23+/m0/s1. The number of aromatic nitrogens is 6. The Balaban J connectivity index is 1.14. The molecular formula is C26H32N10O. The van der Waals surface area contributed by atoms with Gasteiger partial charge in [-0.05, 0) is 37.5 Å². The van der Waals surface area contributed by atoms with E-state index in [1.807, 2.05) is 30.3 Å². The van der Waals surface area contributed by atoms with Crippen LogP contribution in [0.5, 0.6) is 0 Å². The Morgan fingerprint density at radius 2 is 2.00 bits per heavy atom. The van der Waals surface area contributed by atoms with Crippen LogP contribution in [-0.2, 0) is 11.8 Å². The molecule has 192 valence electrons. The number of H-pyrrole nitrogens is 1. The van der Waals surface area contributed by atoms with E-state index in [9.17, 15) is 0 Å². The number of aryl methyl sites for hydroxylation is 1. The third-order valence-corrected chi connectivity index (χ3v) is 8.40. The zero-order valence-electron chi connectivity index (χ0n) is 21.2. The first-order valence-electron chi connectivity index (χ1n) is 13.0. The predicted molar refractivity (Wildman–Crippen MR) is 143 cm³/mol. The van der Waals surface area contributed by atoms with Gasteiger partial charge in [0.25, 0.3) is 0 Å². The van der Waals surface area contributed by atoms with Crippen molar-refractivity contribution in [3.8, 4) is 11.1 Å². The Hall–Kier alpha value is -3.70. The largest absolute Gasteiger partial charge is 0.382 e. The van der Waals surface area contributed by atoms with Crippen molar-refractivity contribution in [2.75, 3.05) is 47.9 Å². The fourth-order valence-electron chi connectivity index (χ4n) is 6.08. The van der Waals surface area contributed by atoms with E-state index in [4.69, 9.17) is 20.4 Å². The third-order valence-electron chi connectivity index (χ3n) is 8.40. The van der Waals surface area contributed by atoms with Gasteiger partial charge in [-0.15, -0.1) is 0 Å². The first kappa shape index (κ1) is 22.5. The van der Waals surface area contributed by atoms with Crippen molar-refractivity contribution in [1.82, 2.24) is 29.9 Å². The van der Waals surface area contributed by atoms with Crippen molar-refractivity contribution in [3.63, 3.8) is 0 Å². The number of hydrogen-bond acceptors (Lipinski definition) is 9. The highest BCUT2D eigenvalue weighted by Crippen LogP contribution is 2.42. The maximum absolute atomic E-state index is 6.50. The molecule has 0 saturated carbocycles. The van der Waals surface area contributed by atoms with Gasteiger partial charge in [0, 0.05) is 56.4 Å². The van der Waals surface area contributed by atoms with E-state index < -0.39 is 0 Å². The summed E-state index contributed by atoms with van der Waals surface area (Å²) in [5, 5.41) is 15.6. The molecule has 1 spiro atoms. The number of benzene rings is 1. The highest BCUT2D eigenvalue weighted by molar-refractivity contribution is 5.91. The maximum Gasteiger partial charge on any atom is 0.183 e. The second-order valence-electron chi connectivity index (χ2n) is 10.6. The van der Waals surface area contributed by atoms with E-state index in [2.05, 4.69) is 55.5 Å². The molecule has 0 unspecified atom stereocenters. The highest BCUT2D eigenvalue weighted by atomic mass is 16.5. The molecule has 1 aromatic carbocycles. The van der Waals surface area contributed by atoms with Crippen LogP contribution in [0.25, 0.3) is 22.3 Å². The average Bonchev–Trinajstić information content (AvgIpc) is 3.63. The summed E-state index contributed by atoms with van der Waals surface area (Å²) in [7, 11) is 1.93. The van der Waals surface area contributed by atoms with Crippen molar-refractivity contribution >= 4 is 34.2 Å². The summed E-state index contributed by atoms with van der Waals surface area (Å²) in [5.41, 5.74) is 12.4. The zero-order valence-corrected chi connectivity index (χ0v) is 21.2. The molecule has 6 heterocycles. The average molecular weight is 501 g/mol. The Morgan fingerprint density at radius 3 is 2.76 bits per heavy atom. The lowest BCUT2D eigenvalue weighted by molar-refractivity contribution is 0.0974. The molecule has 37 heavy (non-hydrogen) atoms. The molecule has 7 rings (SSSR count). The second kappa shape index (κ2) is 8.42. The molecule has 4 aromatic rings. The number of nitrogens with two attached hydrogens (primary N) is 1. The molecule has 11 heteroatoms. The third kappa shape index (κ3) is 3.64. The Bertz CT molecular complexity index is 1450. The van der Waals surface area contributed by atoms with Gasteiger partial charge in [-0.3, -0.25) is 9.78 Å². The fraction of sp³-hybridized carbons (Fsp3) is 0.462. The molecule has 3 aliphatic heterocycles. The van der Waals surface area contributed by atoms with Gasteiger partial charge >= 0.3 is 0 Å². The Labute approximate surface area is 215 Å². The second-order valence-corrected chi connectivity index (χ2v) is 10.6. The normalized spacial score (nSPS) is 23.0. The summed E-state index contributed by atoms with van der Waals surface area (Å²) < 4.78 is 7.69. The predicted octanol–water partition coefficient (Wildman–Crippen LogP) is 2.65. The van der Waals surface area contributed by atoms with Crippen molar-refractivity contribution in [2.45, 2.75) is 31.9 Å². The van der Waals surface area contributed by atoms with Crippen LogP contribution >= 0.6 is 0 Å². The zero-order chi connectivity index (χ0) is 25.1. The summed E-state index contributed by atoms with van der Waals surface area (Å²) in [4.78, 5) is 14.2. The van der Waals surface area contributed by atoms with Crippen LogP contribution in [-0.4, -0.2) is 74.9 Å². The lowest BCUT2D eigenvalue weighted by Gasteiger charge is -2.41. The van der Waals surface area contributed by atoms with E-state index in [-0.39, 0.29) is 17.6 Å². The number of hydrogen-bond donors (Lipinski definition) is 3. The number of ether oxygens (including phenoxy) is 1.